The van der Waals surface area contributed by atoms with Crippen molar-refractivity contribution in [2.75, 3.05) is 0 Å². The molecule has 1 saturated heterocycles. The monoisotopic (exact) mass is 340 g/mol. The number of benzene rings is 1. The van der Waals surface area contributed by atoms with E-state index in [2.05, 4.69) is 38.2 Å². The van der Waals surface area contributed by atoms with E-state index in [0.717, 1.165) is 5.56 Å². The Morgan fingerprint density at radius 3 is 2.50 bits per heavy atom. The van der Waals surface area contributed by atoms with Crippen LogP contribution < -0.4 is 5.32 Å². The summed E-state index contributed by atoms with van der Waals surface area (Å²) in [6.07, 6.45) is 3.41. The first-order valence-corrected chi connectivity index (χ1v) is 8.23. The van der Waals surface area contributed by atoms with Crippen molar-refractivity contribution in [3.8, 4) is 0 Å². The van der Waals surface area contributed by atoms with Gasteiger partial charge in [-0.1, -0.05) is 45.0 Å². The van der Waals surface area contributed by atoms with Gasteiger partial charge in [-0.05, 0) is 47.0 Å². The van der Waals surface area contributed by atoms with E-state index in [4.69, 9.17) is 16.6 Å². The van der Waals surface area contributed by atoms with E-state index in [9.17, 15) is 4.79 Å². The molecule has 0 unspecified atom stereocenters. The van der Waals surface area contributed by atoms with Crippen LogP contribution in [-0.4, -0.2) is 15.9 Å². The highest BCUT2D eigenvalue weighted by Crippen LogP contribution is 2.23. The lowest BCUT2D eigenvalue weighted by molar-refractivity contribution is -0.122. The Bertz CT molecular complexity index is 784. The van der Waals surface area contributed by atoms with Crippen LogP contribution in [-0.2, 0) is 16.8 Å². The Balaban J connectivity index is 1.78. The van der Waals surface area contributed by atoms with Crippen LogP contribution in [0.4, 0.5) is 0 Å². The van der Waals surface area contributed by atoms with E-state index in [1.54, 1.807) is 12.3 Å². The van der Waals surface area contributed by atoms with Crippen LogP contribution in [0.15, 0.2) is 52.8 Å². The largest absolute Gasteiger partial charge is 0.467 e. The first-order chi connectivity index (χ1) is 11.3. The summed E-state index contributed by atoms with van der Waals surface area (Å²) >= 11 is 5.27. The van der Waals surface area contributed by atoms with Crippen molar-refractivity contribution in [2.45, 2.75) is 32.7 Å². The Hall–Kier alpha value is -2.40. The van der Waals surface area contributed by atoms with Crippen LogP contribution in [0.25, 0.3) is 6.08 Å². The van der Waals surface area contributed by atoms with Gasteiger partial charge in [0.25, 0.3) is 5.91 Å². The maximum atomic E-state index is 12.5. The molecule has 0 aliphatic carbocycles. The van der Waals surface area contributed by atoms with Crippen LogP contribution >= 0.6 is 12.2 Å². The van der Waals surface area contributed by atoms with E-state index >= 15 is 0 Å². The molecular formula is C19H20N2O2S. The molecule has 1 aliphatic heterocycles. The van der Waals surface area contributed by atoms with Crippen LogP contribution in [0, 0.1) is 0 Å². The summed E-state index contributed by atoms with van der Waals surface area (Å²) in [7, 11) is 0. The topological polar surface area (TPSA) is 45.5 Å². The number of nitrogens with zero attached hydrogens (tertiary/aromatic N) is 1. The van der Waals surface area contributed by atoms with Crippen molar-refractivity contribution in [1.82, 2.24) is 10.2 Å². The fourth-order valence-corrected chi connectivity index (χ4v) is 2.78. The third-order valence-corrected chi connectivity index (χ3v) is 4.27. The van der Waals surface area contributed by atoms with Crippen molar-refractivity contribution in [1.29, 1.82) is 0 Å². The van der Waals surface area contributed by atoms with Crippen LogP contribution in [0.2, 0.25) is 0 Å². The summed E-state index contributed by atoms with van der Waals surface area (Å²) in [6.45, 7) is 6.85. The van der Waals surface area contributed by atoms with Crippen molar-refractivity contribution in [3.05, 3.63) is 65.2 Å². The SMILES string of the molecule is CC(C)(C)c1ccc(/C=C2/NC(=S)N(Cc3ccco3)C2=O)cc1. The summed E-state index contributed by atoms with van der Waals surface area (Å²) in [5.74, 6) is 0.555. The number of carbonyl (C=O) groups is 1. The zero-order chi connectivity index (χ0) is 17.3. The molecule has 0 bridgehead atoms. The number of hydrogen-bond donors (Lipinski definition) is 1. The molecule has 0 saturated carbocycles. The highest BCUT2D eigenvalue weighted by atomic mass is 32.1. The fourth-order valence-electron chi connectivity index (χ4n) is 2.52. The van der Waals surface area contributed by atoms with E-state index in [1.165, 1.54) is 10.5 Å². The Kier molecular flexibility index (Phi) is 4.28. The van der Waals surface area contributed by atoms with Gasteiger partial charge in [0.2, 0.25) is 0 Å². The van der Waals surface area contributed by atoms with Gasteiger partial charge >= 0.3 is 0 Å². The van der Waals surface area contributed by atoms with Gasteiger partial charge in [-0.25, -0.2) is 0 Å². The second-order valence-electron chi connectivity index (χ2n) is 6.83. The standard InChI is InChI=1S/C19H20N2O2S/c1-19(2,3)14-8-6-13(7-9-14)11-16-17(22)21(18(24)20-16)12-15-5-4-10-23-15/h4-11H,12H2,1-3H3,(H,20,24)/b16-11+. The minimum atomic E-state index is -0.142. The molecule has 1 amide bonds. The molecule has 3 rings (SSSR count). The average molecular weight is 340 g/mol. The number of amides is 1. The Labute approximate surface area is 147 Å². The van der Waals surface area contributed by atoms with E-state index in [0.29, 0.717) is 23.1 Å². The van der Waals surface area contributed by atoms with Crippen molar-refractivity contribution >= 4 is 29.3 Å². The predicted molar refractivity (Wildman–Crippen MR) is 98.1 cm³/mol. The molecule has 5 heteroatoms. The minimum absolute atomic E-state index is 0.106. The minimum Gasteiger partial charge on any atom is -0.467 e. The predicted octanol–water partition coefficient (Wildman–Crippen LogP) is 3.83. The lowest BCUT2D eigenvalue weighted by atomic mass is 9.87. The normalized spacial score (nSPS) is 16.8. The van der Waals surface area contributed by atoms with Crippen LogP contribution in [0.3, 0.4) is 0 Å². The van der Waals surface area contributed by atoms with Gasteiger partial charge in [-0.15, -0.1) is 0 Å². The molecule has 2 aromatic rings. The highest BCUT2D eigenvalue weighted by molar-refractivity contribution is 7.80. The summed E-state index contributed by atoms with van der Waals surface area (Å²) in [5, 5.41) is 3.38. The average Bonchev–Trinajstić information content (AvgIpc) is 3.12. The Morgan fingerprint density at radius 1 is 1.21 bits per heavy atom. The lowest BCUT2D eigenvalue weighted by Gasteiger charge is -2.18. The first-order valence-electron chi connectivity index (χ1n) is 7.82. The number of rotatable bonds is 3. The van der Waals surface area contributed by atoms with E-state index in [-0.39, 0.29) is 11.3 Å². The molecule has 124 valence electrons. The second-order valence-corrected chi connectivity index (χ2v) is 7.22. The number of nitrogens with one attached hydrogen (secondary N) is 1. The molecule has 4 nitrogen and oxygen atoms in total. The van der Waals surface area contributed by atoms with Gasteiger partial charge in [0.15, 0.2) is 5.11 Å². The van der Waals surface area contributed by atoms with Gasteiger partial charge in [0.05, 0.1) is 12.8 Å². The molecule has 0 atom stereocenters. The van der Waals surface area contributed by atoms with Crippen molar-refractivity contribution in [2.24, 2.45) is 0 Å². The molecule has 24 heavy (non-hydrogen) atoms. The summed E-state index contributed by atoms with van der Waals surface area (Å²) in [5.41, 5.74) is 2.80. The Morgan fingerprint density at radius 2 is 1.92 bits per heavy atom. The van der Waals surface area contributed by atoms with Crippen LogP contribution in [0.1, 0.15) is 37.7 Å². The molecule has 1 aromatic carbocycles. The van der Waals surface area contributed by atoms with Crippen molar-refractivity contribution < 1.29 is 9.21 Å². The number of carbonyl (C=O) groups excluding carboxylic acids is 1. The summed E-state index contributed by atoms with van der Waals surface area (Å²) in [4.78, 5) is 14.0. The number of furan rings is 1. The molecule has 1 aliphatic rings. The smallest absolute Gasteiger partial charge is 0.276 e. The summed E-state index contributed by atoms with van der Waals surface area (Å²) in [6, 6.07) is 11.8. The maximum Gasteiger partial charge on any atom is 0.276 e. The van der Waals surface area contributed by atoms with E-state index < -0.39 is 0 Å². The fraction of sp³-hybridized carbons (Fsp3) is 0.263. The molecule has 1 N–H and O–H groups in total. The molecular weight excluding hydrogens is 320 g/mol. The summed E-state index contributed by atoms with van der Waals surface area (Å²) < 4.78 is 5.29. The zero-order valence-electron chi connectivity index (χ0n) is 14.0. The molecule has 0 spiro atoms. The third-order valence-electron chi connectivity index (χ3n) is 3.94. The van der Waals surface area contributed by atoms with Gasteiger partial charge in [-0.3, -0.25) is 9.69 Å². The lowest BCUT2D eigenvalue weighted by Crippen LogP contribution is -2.29. The first kappa shape index (κ1) is 16.5. The van der Waals surface area contributed by atoms with Crippen LogP contribution in [0.5, 0.6) is 0 Å². The molecule has 0 radical (unpaired) electrons. The van der Waals surface area contributed by atoms with Gasteiger partial charge in [0.1, 0.15) is 11.5 Å². The molecule has 1 fully saturated rings. The quantitative estimate of drug-likeness (QED) is 0.681. The van der Waals surface area contributed by atoms with Gasteiger partial charge in [0, 0.05) is 0 Å². The second kappa shape index (κ2) is 6.24. The molecule has 2 heterocycles. The van der Waals surface area contributed by atoms with Gasteiger partial charge < -0.3 is 9.73 Å². The van der Waals surface area contributed by atoms with Crippen molar-refractivity contribution in [3.63, 3.8) is 0 Å². The molecule has 1 aromatic heterocycles. The number of hydrogen-bond acceptors (Lipinski definition) is 3. The van der Waals surface area contributed by atoms with Gasteiger partial charge in [-0.2, -0.15) is 0 Å². The third kappa shape index (κ3) is 3.41. The van der Waals surface area contributed by atoms with E-state index in [1.807, 2.05) is 24.3 Å². The maximum absolute atomic E-state index is 12.5. The highest BCUT2D eigenvalue weighted by Gasteiger charge is 2.31. The zero-order valence-corrected chi connectivity index (χ0v) is 14.8. The number of thiocarbonyl (C=S) groups is 1.